The highest BCUT2D eigenvalue weighted by molar-refractivity contribution is 5.76. The van der Waals surface area contributed by atoms with Gasteiger partial charge in [-0.1, -0.05) is 0 Å². The van der Waals surface area contributed by atoms with Crippen LogP contribution in [0.5, 0.6) is 0 Å². The van der Waals surface area contributed by atoms with E-state index in [9.17, 15) is 4.79 Å². The Labute approximate surface area is 54.5 Å². The van der Waals surface area contributed by atoms with Crippen LogP contribution in [0.2, 0.25) is 0 Å². The first kappa shape index (κ1) is 8.39. The van der Waals surface area contributed by atoms with Crippen molar-refractivity contribution in [2.75, 3.05) is 20.2 Å². The fourth-order valence-corrected chi connectivity index (χ4v) is 0.358. The van der Waals surface area contributed by atoms with Gasteiger partial charge < -0.3 is 4.90 Å². The molecule has 2 N–H and O–H groups in total. The van der Waals surface area contributed by atoms with Gasteiger partial charge in [0.15, 0.2) is 0 Å². The van der Waals surface area contributed by atoms with Gasteiger partial charge in [-0.2, -0.15) is 0 Å². The normalized spacial score (nSPS) is 9.22. The molecule has 54 valence electrons. The van der Waals surface area contributed by atoms with Crippen LogP contribution in [0, 0.1) is 0 Å². The van der Waals surface area contributed by atoms with Gasteiger partial charge in [-0.3, -0.25) is 9.63 Å². The third-order valence-electron chi connectivity index (χ3n) is 1.11. The van der Waals surface area contributed by atoms with Crippen LogP contribution in [0.4, 0.5) is 0 Å². The maximum absolute atomic E-state index is 10.7. The lowest BCUT2D eigenvalue weighted by Gasteiger charge is -2.12. The standard InChI is InChI=1S/C5H12N2O2/c1-3-7(2)5(8)4-9-6/h3-4,6H2,1-2H3. The zero-order chi connectivity index (χ0) is 7.28. The van der Waals surface area contributed by atoms with E-state index in [2.05, 4.69) is 10.7 Å². The Morgan fingerprint density at radius 3 is 2.67 bits per heavy atom. The van der Waals surface area contributed by atoms with E-state index in [0.29, 0.717) is 6.54 Å². The van der Waals surface area contributed by atoms with Gasteiger partial charge in [-0.25, -0.2) is 5.90 Å². The second-order valence-corrected chi connectivity index (χ2v) is 1.72. The Bertz CT molecular complexity index is 95.0. The van der Waals surface area contributed by atoms with Gasteiger partial charge in [-0.05, 0) is 6.92 Å². The molecule has 0 radical (unpaired) electrons. The molecule has 0 fully saturated rings. The quantitative estimate of drug-likeness (QED) is 0.519. The molecule has 0 aliphatic heterocycles. The number of nitrogens with zero attached hydrogens (tertiary/aromatic N) is 1. The minimum atomic E-state index is -0.0972. The number of carbonyl (C=O) groups is 1. The maximum Gasteiger partial charge on any atom is 0.250 e. The first-order valence-electron chi connectivity index (χ1n) is 2.78. The predicted octanol–water partition coefficient (Wildman–Crippen LogP) is -0.645. The topological polar surface area (TPSA) is 55.6 Å². The van der Waals surface area contributed by atoms with E-state index < -0.39 is 0 Å². The van der Waals surface area contributed by atoms with E-state index in [-0.39, 0.29) is 12.5 Å². The molecule has 0 atom stereocenters. The van der Waals surface area contributed by atoms with E-state index in [4.69, 9.17) is 0 Å². The van der Waals surface area contributed by atoms with E-state index >= 15 is 0 Å². The number of nitrogens with two attached hydrogens (primary N) is 1. The average molecular weight is 132 g/mol. The van der Waals surface area contributed by atoms with Gasteiger partial charge >= 0.3 is 0 Å². The molecule has 0 aromatic rings. The summed E-state index contributed by atoms with van der Waals surface area (Å²) >= 11 is 0. The average Bonchev–Trinajstić information content (AvgIpc) is 1.87. The summed E-state index contributed by atoms with van der Waals surface area (Å²) in [6, 6.07) is 0. The van der Waals surface area contributed by atoms with Crippen molar-refractivity contribution in [1.82, 2.24) is 4.90 Å². The van der Waals surface area contributed by atoms with E-state index in [1.807, 2.05) is 6.92 Å². The summed E-state index contributed by atoms with van der Waals surface area (Å²) in [6.07, 6.45) is 0. The summed E-state index contributed by atoms with van der Waals surface area (Å²) in [5.74, 6) is 4.58. The molecule has 0 bridgehead atoms. The summed E-state index contributed by atoms with van der Waals surface area (Å²) in [6.45, 7) is 2.53. The lowest BCUT2D eigenvalue weighted by atomic mass is 10.5. The lowest BCUT2D eigenvalue weighted by molar-refractivity contribution is -0.134. The second-order valence-electron chi connectivity index (χ2n) is 1.72. The van der Waals surface area contributed by atoms with Crippen molar-refractivity contribution in [3.63, 3.8) is 0 Å². The Morgan fingerprint density at radius 1 is 1.78 bits per heavy atom. The van der Waals surface area contributed by atoms with Gasteiger partial charge in [0.25, 0.3) is 0 Å². The van der Waals surface area contributed by atoms with Crippen molar-refractivity contribution in [3.8, 4) is 0 Å². The first-order valence-corrected chi connectivity index (χ1v) is 2.78. The molecule has 0 rings (SSSR count). The van der Waals surface area contributed by atoms with Gasteiger partial charge in [-0.15, -0.1) is 0 Å². The summed E-state index contributed by atoms with van der Waals surface area (Å²) in [5.41, 5.74) is 0. The predicted molar refractivity (Wildman–Crippen MR) is 33.5 cm³/mol. The third kappa shape index (κ3) is 3.05. The van der Waals surface area contributed by atoms with Crippen LogP contribution < -0.4 is 5.90 Å². The van der Waals surface area contributed by atoms with Crippen molar-refractivity contribution in [2.45, 2.75) is 6.92 Å². The summed E-state index contributed by atoms with van der Waals surface area (Å²) in [4.78, 5) is 16.4. The molecule has 4 heteroatoms. The fourth-order valence-electron chi connectivity index (χ4n) is 0.358. The van der Waals surface area contributed by atoms with E-state index in [1.165, 1.54) is 4.90 Å². The van der Waals surface area contributed by atoms with Crippen LogP contribution in [-0.2, 0) is 9.63 Å². The van der Waals surface area contributed by atoms with Gasteiger partial charge in [0.05, 0.1) is 0 Å². The summed E-state index contributed by atoms with van der Waals surface area (Å²) in [5, 5.41) is 0. The monoisotopic (exact) mass is 132 g/mol. The molecular formula is C5H12N2O2. The van der Waals surface area contributed by atoms with Crippen molar-refractivity contribution in [3.05, 3.63) is 0 Å². The number of hydrogen-bond acceptors (Lipinski definition) is 3. The molecule has 0 aliphatic carbocycles. The minimum absolute atomic E-state index is 0.0374. The molecule has 0 aliphatic rings. The van der Waals surface area contributed by atoms with Crippen molar-refractivity contribution in [2.24, 2.45) is 5.90 Å². The van der Waals surface area contributed by atoms with Crippen LogP contribution in [0.1, 0.15) is 6.92 Å². The molecule has 0 aromatic heterocycles. The number of likely N-dealkylation sites (N-methyl/N-ethyl adjacent to an activating group) is 1. The van der Waals surface area contributed by atoms with Crippen LogP contribution in [0.25, 0.3) is 0 Å². The number of amides is 1. The second kappa shape index (κ2) is 4.29. The molecule has 0 unspecified atom stereocenters. The van der Waals surface area contributed by atoms with Gasteiger partial charge in [0, 0.05) is 13.6 Å². The number of carbonyl (C=O) groups excluding carboxylic acids is 1. The van der Waals surface area contributed by atoms with E-state index in [0.717, 1.165) is 0 Å². The smallest absolute Gasteiger partial charge is 0.250 e. The maximum atomic E-state index is 10.7. The van der Waals surface area contributed by atoms with Crippen molar-refractivity contribution >= 4 is 5.91 Å². The Balaban J connectivity index is 3.46. The van der Waals surface area contributed by atoms with Crippen LogP contribution in [-0.4, -0.2) is 31.0 Å². The molecule has 0 spiro atoms. The fraction of sp³-hybridized carbons (Fsp3) is 0.800. The molecule has 0 heterocycles. The number of hydrogen-bond donors (Lipinski definition) is 1. The summed E-state index contributed by atoms with van der Waals surface area (Å²) < 4.78 is 0. The molecule has 0 aromatic carbocycles. The molecule has 0 saturated heterocycles. The molecule has 1 amide bonds. The van der Waals surface area contributed by atoms with Gasteiger partial charge in [0.1, 0.15) is 6.61 Å². The zero-order valence-corrected chi connectivity index (χ0v) is 5.76. The Morgan fingerprint density at radius 2 is 2.33 bits per heavy atom. The van der Waals surface area contributed by atoms with Crippen LogP contribution >= 0.6 is 0 Å². The highest BCUT2D eigenvalue weighted by atomic mass is 16.6. The first-order chi connectivity index (χ1) is 4.22. The Kier molecular flexibility index (Phi) is 4.00. The Hall–Kier alpha value is -0.610. The molecule has 4 nitrogen and oxygen atoms in total. The SMILES string of the molecule is CCN(C)C(=O)CON. The van der Waals surface area contributed by atoms with Crippen LogP contribution in [0.15, 0.2) is 0 Å². The van der Waals surface area contributed by atoms with Gasteiger partial charge in [0.2, 0.25) is 5.91 Å². The minimum Gasteiger partial charge on any atom is -0.344 e. The molecular weight excluding hydrogens is 120 g/mol. The van der Waals surface area contributed by atoms with Crippen molar-refractivity contribution in [1.29, 1.82) is 0 Å². The lowest BCUT2D eigenvalue weighted by Crippen LogP contribution is -2.30. The highest BCUT2D eigenvalue weighted by Gasteiger charge is 2.03. The molecule has 0 saturated carbocycles. The molecule has 9 heavy (non-hydrogen) atoms. The van der Waals surface area contributed by atoms with E-state index in [1.54, 1.807) is 7.05 Å². The third-order valence-corrected chi connectivity index (χ3v) is 1.11. The zero-order valence-electron chi connectivity index (χ0n) is 5.76. The van der Waals surface area contributed by atoms with Crippen molar-refractivity contribution < 1.29 is 9.63 Å². The van der Waals surface area contributed by atoms with Crippen LogP contribution in [0.3, 0.4) is 0 Å². The summed E-state index contributed by atoms with van der Waals surface area (Å²) in [7, 11) is 1.70. The largest absolute Gasteiger partial charge is 0.344 e. The number of rotatable bonds is 3. The highest BCUT2D eigenvalue weighted by Crippen LogP contribution is 1.81.